The molecular weight excluding hydrogens is 288 g/mol. The fourth-order valence-corrected chi connectivity index (χ4v) is 2.90. The Labute approximate surface area is 128 Å². The minimum absolute atomic E-state index is 0.0833. The van der Waals surface area contributed by atoms with Gasteiger partial charge in [0.25, 0.3) is 5.91 Å². The summed E-state index contributed by atoms with van der Waals surface area (Å²) < 4.78 is 0. The van der Waals surface area contributed by atoms with Gasteiger partial charge in [-0.05, 0) is 31.5 Å². The summed E-state index contributed by atoms with van der Waals surface area (Å²) in [6, 6.07) is 9.08. The molecule has 1 aliphatic heterocycles. The van der Waals surface area contributed by atoms with Crippen LogP contribution in [0.4, 0.5) is 0 Å². The molecule has 0 spiro atoms. The first kappa shape index (κ1) is 14.3. The third-order valence-electron chi connectivity index (χ3n) is 4.07. The number of nitrogens with zero attached hydrogens (tertiary/aromatic N) is 2. The van der Waals surface area contributed by atoms with E-state index in [0.717, 1.165) is 17.3 Å². The molecule has 0 radical (unpaired) electrons. The van der Waals surface area contributed by atoms with Crippen LogP contribution in [0.2, 0.25) is 5.02 Å². The Morgan fingerprint density at radius 2 is 2.19 bits per heavy atom. The number of halogens is 1. The van der Waals surface area contributed by atoms with Crippen LogP contribution >= 0.6 is 11.6 Å². The van der Waals surface area contributed by atoms with Crippen LogP contribution in [0.15, 0.2) is 30.3 Å². The molecule has 0 saturated carbocycles. The third kappa shape index (κ3) is 2.87. The first-order chi connectivity index (χ1) is 10.0. The van der Waals surface area contributed by atoms with Crippen molar-refractivity contribution in [2.45, 2.75) is 19.4 Å². The molecule has 1 aromatic carbocycles. The smallest absolute Gasteiger partial charge is 0.272 e. The summed E-state index contributed by atoms with van der Waals surface area (Å²) in [5.74, 6) is 0.0730. The molecule has 1 N–H and O–H groups in total. The number of hydrogen-bond acceptors (Lipinski definition) is 3. The van der Waals surface area contributed by atoms with Crippen LogP contribution in [0.3, 0.4) is 0 Å². The second-order valence-corrected chi connectivity index (χ2v) is 6.01. The van der Waals surface area contributed by atoms with Gasteiger partial charge in [0.2, 0.25) is 0 Å². The lowest BCUT2D eigenvalue weighted by Crippen LogP contribution is -2.31. The standard InChI is InChI=1S/C16H17ClN2O2/c1-10(20)12-6-7-19(9-12)16(21)14-5-3-11-2-4-13(17)8-15(11)18-14/h2-5,8,10,12,20H,6-7,9H2,1H3. The molecule has 21 heavy (non-hydrogen) atoms. The fourth-order valence-electron chi connectivity index (χ4n) is 2.74. The Balaban J connectivity index is 1.85. The van der Waals surface area contributed by atoms with Gasteiger partial charge in [0.1, 0.15) is 5.69 Å². The maximum atomic E-state index is 12.5. The number of aliphatic hydroxyl groups excluding tert-OH is 1. The van der Waals surface area contributed by atoms with Crippen LogP contribution in [0, 0.1) is 5.92 Å². The maximum Gasteiger partial charge on any atom is 0.272 e. The maximum absolute atomic E-state index is 12.5. The largest absolute Gasteiger partial charge is 0.393 e. The molecule has 1 aliphatic rings. The summed E-state index contributed by atoms with van der Waals surface area (Å²) in [6.07, 6.45) is 0.453. The molecule has 1 amide bonds. The summed E-state index contributed by atoms with van der Waals surface area (Å²) in [4.78, 5) is 18.7. The van der Waals surface area contributed by atoms with Crippen molar-refractivity contribution in [3.05, 3.63) is 41.0 Å². The summed E-state index contributed by atoms with van der Waals surface area (Å²) in [7, 11) is 0. The molecule has 110 valence electrons. The van der Waals surface area contributed by atoms with Crippen molar-refractivity contribution in [2.24, 2.45) is 5.92 Å². The summed E-state index contributed by atoms with van der Waals surface area (Å²) >= 11 is 5.97. The topological polar surface area (TPSA) is 53.4 Å². The minimum atomic E-state index is -0.383. The van der Waals surface area contributed by atoms with Gasteiger partial charge in [-0.1, -0.05) is 23.7 Å². The third-order valence-corrected chi connectivity index (χ3v) is 4.30. The Morgan fingerprint density at radius 1 is 1.43 bits per heavy atom. The van der Waals surface area contributed by atoms with Gasteiger partial charge < -0.3 is 10.0 Å². The van der Waals surface area contributed by atoms with Crippen LogP contribution in [-0.2, 0) is 0 Å². The van der Waals surface area contributed by atoms with Crippen molar-refractivity contribution in [3.63, 3.8) is 0 Å². The predicted molar refractivity (Wildman–Crippen MR) is 82.4 cm³/mol. The van der Waals surface area contributed by atoms with Crippen molar-refractivity contribution in [1.29, 1.82) is 0 Å². The fraction of sp³-hybridized carbons (Fsp3) is 0.375. The molecule has 2 heterocycles. The average Bonchev–Trinajstić information content (AvgIpc) is 2.95. The lowest BCUT2D eigenvalue weighted by Gasteiger charge is -2.17. The van der Waals surface area contributed by atoms with Crippen molar-refractivity contribution >= 4 is 28.4 Å². The van der Waals surface area contributed by atoms with Crippen molar-refractivity contribution in [3.8, 4) is 0 Å². The molecule has 0 bridgehead atoms. The van der Waals surface area contributed by atoms with Crippen molar-refractivity contribution < 1.29 is 9.90 Å². The summed E-state index contributed by atoms with van der Waals surface area (Å²) in [6.45, 7) is 3.03. The van der Waals surface area contributed by atoms with Crippen LogP contribution in [0.25, 0.3) is 10.9 Å². The summed E-state index contributed by atoms with van der Waals surface area (Å²) in [5.41, 5.74) is 1.15. The second kappa shape index (κ2) is 5.62. The number of pyridine rings is 1. The minimum Gasteiger partial charge on any atom is -0.393 e. The van der Waals surface area contributed by atoms with E-state index in [-0.39, 0.29) is 17.9 Å². The number of aliphatic hydroxyl groups is 1. The number of likely N-dealkylation sites (tertiary alicyclic amines) is 1. The molecule has 0 aliphatic carbocycles. The second-order valence-electron chi connectivity index (χ2n) is 5.57. The van der Waals surface area contributed by atoms with E-state index in [4.69, 9.17) is 11.6 Å². The molecular formula is C16H17ClN2O2. The highest BCUT2D eigenvalue weighted by atomic mass is 35.5. The zero-order chi connectivity index (χ0) is 15.0. The Kier molecular flexibility index (Phi) is 3.83. The van der Waals surface area contributed by atoms with E-state index in [0.29, 0.717) is 23.8 Å². The molecule has 3 rings (SSSR count). The zero-order valence-electron chi connectivity index (χ0n) is 11.8. The first-order valence-electron chi connectivity index (χ1n) is 7.08. The highest BCUT2D eigenvalue weighted by Crippen LogP contribution is 2.23. The molecule has 1 aromatic heterocycles. The number of amides is 1. The molecule has 2 unspecified atom stereocenters. The van der Waals surface area contributed by atoms with Crippen LogP contribution in [0.1, 0.15) is 23.8 Å². The van der Waals surface area contributed by atoms with E-state index in [1.807, 2.05) is 12.1 Å². The van der Waals surface area contributed by atoms with Crippen LogP contribution < -0.4 is 0 Å². The van der Waals surface area contributed by atoms with E-state index in [2.05, 4.69) is 4.98 Å². The van der Waals surface area contributed by atoms with Gasteiger partial charge in [-0.15, -0.1) is 0 Å². The molecule has 4 nitrogen and oxygen atoms in total. The number of carbonyl (C=O) groups excluding carboxylic acids is 1. The van der Waals surface area contributed by atoms with Gasteiger partial charge in [-0.3, -0.25) is 4.79 Å². The van der Waals surface area contributed by atoms with Crippen molar-refractivity contribution in [1.82, 2.24) is 9.88 Å². The predicted octanol–water partition coefficient (Wildman–Crippen LogP) is 2.73. The SMILES string of the molecule is CC(O)C1CCN(C(=O)c2ccc3ccc(Cl)cc3n2)C1. The average molecular weight is 305 g/mol. The normalized spacial score (nSPS) is 20.0. The van der Waals surface area contributed by atoms with E-state index in [1.165, 1.54) is 0 Å². The monoisotopic (exact) mass is 304 g/mol. The Morgan fingerprint density at radius 3 is 2.90 bits per heavy atom. The number of hydrogen-bond donors (Lipinski definition) is 1. The zero-order valence-corrected chi connectivity index (χ0v) is 12.5. The van der Waals surface area contributed by atoms with Gasteiger partial charge in [0.15, 0.2) is 0 Å². The molecule has 1 fully saturated rings. The molecule has 1 saturated heterocycles. The Bertz CT molecular complexity index is 687. The van der Waals surface area contributed by atoms with Crippen LogP contribution in [0.5, 0.6) is 0 Å². The van der Waals surface area contributed by atoms with Gasteiger partial charge in [-0.25, -0.2) is 4.98 Å². The van der Waals surface area contributed by atoms with E-state index >= 15 is 0 Å². The number of rotatable bonds is 2. The van der Waals surface area contributed by atoms with Gasteiger partial charge in [0.05, 0.1) is 11.6 Å². The lowest BCUT2D eigenvalue weighted by molar-refractivity contribution is 0.0757. The number of carbonyl (C=O) groups is 1. The first-order valence-corrected chi connectivity index (χ1v) is 7.46. The van der Waals surface area contributed by atoms with E-state index < -0.39 is 0 Å². The molecule has 5 heteroatoms. The number of benzene rings is 1. The van der Waals surface area contributed by atoms with Crippen LogP contribution in [-0.4, -0.2) is 40.1 Å². The molecule has 2 atom stereocenters. The number of fused-ring (bicyclic) bond motifs is 1. The molecule has 2 aromatic rings. The highest BCUT2D eigenvalue weighted by Gasteiger charge is 2.30. The number of aromatic nitrogens is 1. The lowest BCUT2D eigenvalue weighted by atomic mass is 10.0. The highest BCUT2D eigenvalue weighted by molar-refractivity contribution is 6.31. The van der Waals surface area contributed by atoms with E-state index in [9.17, 15) is 9.90 Å². The van der Waals surface area contributed by atoms with Gasteiger partial charge in [0, 0.05) is 29.4 Å². The van der Waals surface area contributed by atoms with Gasteiger partial charge >= 0.3 is 0 Å². The van der Waals surface area contributed by atoms with Crippen molar-refractivity contribution in [2.75, 3.05) is 13.1 Å². The van der Waals surface area contributed by atoms with Gasteiger partial charge in [-0.2, -0.15) is 0 Å². The quantitative estimate of drug-likeness (QED) is 0.928. The summed E-state index contributed by atoms with van der Waals surface area (Å²) in [5, 5.41) is 11.2. The Hall–Kier alpha value is -1.65. The van der Waals surface area contributed by atoms with E-state index in [1.54, 1.807) is 30.0 Å².